The fourth-order valence-electron chi connectivity index (χ4n) is 2.37. The fraction of sp³-hybridized carbons (Fsp3) is 0.250. The molecular formula is C20H21ClF2N4O4. The monoisotopic (exact) mass is 454 g/mol. The molecule has 8 nitrogen and oxygen atoms in total. The number of aryl methyl sites for hydroxylation is 1. The van der Waals surface area contributed by atoms with Crippen LogP contribution in [0.2, 0.25) is 5.02 Å². The molecule has 0 saturated heterocycles. The summed E-state index contributed by atoms with van der Waals surface area (Å²) in [5, 5.41) is -0.434. The Hall–Kier alpha value is -3.40. The van der Waals surface area contributed by atoms with Crippen molar-refractivity contribution in [2.45, 2.75) is 26.4 Å². The lowest BCUT2D eigenvalue weighted by Gasteiger charge is -2.16. The van der Waals surface area contributed by atoms with Crippen LogP contribution in [-0.4, -0.2) is 21.2 Å². The smallest absolute Gasteiger partial charge is 0.405 e. The molecule has 1 aromatic heterocycles. The second kappa shape index (κ2) is 9.17. The number of nitrogen functional groups attached to an aromatic ring is 1. The first kappa shape index (κ1) is 23.9. The minimum atomic E-state index is -0.950. The highest BCUT2D eigenvalue weighted by Gasteiger charge is 2.18. The van der Waals surface area contributed by atoms with Crippen molar-refractivity contribution in [1.82, 2.24) is 9.55 Å². The van der Waals surface area contributed by atoms with E-state index in [2.05, 4.69) is 9.72 Å². The summed E-state index contributed by atoms with van der Waals surface area (Å²) < 4.78 is 39.3. The van der Waals surface area contributed by atoms with Gasteiger partial charge in [0.1, 0.15) is 16.0 Å². The molecule has 0 saturated carbocycles. The van der Waals surface area contributed by atoms with Crippen LogP contribution in [0.5, 0.6) is 11.5 Å². The first-order valence-corrected chi connectivity index (χ1v) is 9.23. The SMILES string of the molecule is CC(C)(C)OC(N)=O.Cn1cnc2ccc(Oc3c(F)ccc(N)c3Cl)c(F)c2c1=O. The van der Waals surface area contributed by atoms with Crippen LogP contribution in [0.3, 0.4) is 0 Å². The second-order valence-corrected chi connectivity index (χ2v) is 7.73. The second-order valence-electron chi connectivity index (χ2n) is 7.35. The number of nitrogens with zero attached hydrogens (tertiary/aromatic N) is 2. The molecule has 4 N–H and O–H groups in total. The maximum atomic E-state index is 14.6. The maximum Gasteiger partial charge on any atom is 0.405 e. The van der Waals surface area contributed by atoms with Crippen molar-refractivity contribution >= 4 is 34.3 Å². The molecule has 0 bridgehead atoms. The maximum absolute atomic E-state index is 14.6. The Bertz CT molecular complexity index is 1190. The minimum Gasteiger partial charge on any atom is -0.450 e. The third-order valence-corrected chi connectivity index (χ3v) is 4.08. The van der Waals surface area contributed by atoms with E-state index < -0.39 is 34.6 Å². The van der Waals surface area contributed by atoms with Crippen LogP contribution < -0.4 is 21.8 Å². The lowest BCUT2D eigenvalue weighted by atomic mass is 10.2. The highest BCUT2D eigenvalue weighted by atomic mass is 35.5. The quantitative estimate of drug-likeness (QED) is 0.561. The number of hydrogen-bond donors (Lipinski definition) is 2. The van der Waals surface area contributed by atoms with Gasteiger partial charge in [0.2, 0.25) is 0 Å². The predicted molar refractivity (Wildman–Crippen MR) is 113 cm³/mol. The third kappa shape index (κ3) is 5.82. The van der Waals surface area contributed by atoms with Gasteiger partial charge in [0.15, 0.2) is 23.1 Å². The molecule has 0 fully saturated rings. The fourth-order valence-corrected chi connectivity index (χ4v) is 2.56. The molecule has 3 rings (SSSR count). The number of hydrogen-bond acceptors (Lipinski definition) is 6. The van der Waals surface area contributed by atoms with Crippen LogP contribution in [0.15, 0.2) is 35.4 Å². The highest BCUT2D eigenvalue weighted by molar-refractivity contribution is 6.34. The molecule has 0 aliphatic carbocycles. The number of benzene rings is 2. The number of primary amides is 1. The Kier molecular flexibility index (Phi) is 7.06. The number of ether oxygens (including phenoxy) is 2. The highest BCUT2D eigenvalue weighted by Crippen LogP contribution is 2.37. The molecule has 0 aliphatic rings. The van der Waals surface area contributed by atoms with Gasteiger partial charge < -0.3 is 25.5 Å². The predicted octanol–water partition coefficient (Wildman–Crippen LogP) is 4.12. The molecule has 166 valence electrons. The molecule has 31 heavy (non-hydrogen) atoms. The van der Waals surface area contributed by atoms with E-state index in [-0.39, 0.29) is 27.4 Å². The van der Waals surface area contributed by atoms with E-state index in [9.17, 15) is 18.4 Å². The van der Waals surface area contributed by atoms with E-state index in [1.54, 1.807) is 20.8 Å². The van der Waals surface area contributed by atoms with Gasteiger partial charge in [0.05, 0.1) is 17.5 Å². The number of anilines is 1. The van der Waals surface area contributed by atoms with Gasteiger partial charge in [-0.15, -0.1) is 0 Å². The van der Waals surface area contributed by atoms with Crippen molar-refractivity contribution in [1.29, 1.82) is 0 Å². The van der Waals surface area contributed by atoms with Gasteiger partial charge in [-0.3, -0.25) is 4.79 Å². The van der Waals surface area contributed by atoms with E-state index in [1.807, 2.05) is 0 Å². The van der Waals surface area contributed by atoms with Crippen LogP contribution in [0.25, 0.3) is 10.9 Å². The summed E-state index contributed by atoms with van der Waals surface area (Å²) in [6.07, 6.45) is 0.552. The van der Waals surface area contributed by atoms with E-state index in [4.69, 9.17) is 27.8 Å². The van der Waals surface area contributed by atoms with Crippen LogP contribution in [0.4, 0.5) is 19.3 Å². The summed E-state index contributed by atoms with van der Waals surface area (Å²) in [5.41, 5.74) is 9.51. The van der Waals surface area contributed by atoms with Crippen molar-refractivity contribution in [2.75, 3.05) is 5.73 Å². The first-order valence-electron chi connectivity index (χ1n) is 8.85. The van der Waals surface area contributed by atoms with E-state index in [1.165, 1.54) is 31.6 Å². The van der Waals surface area contributed by atoms with Crippen molar-refractivity contribution in [2.24, 2.45) is 12.8 Å². The lowest BCUT2D eigenvalue weighted by molar-refractivity contribution is 0.0600. The normalized spacial score (nSPS) is 10.9. The average Bonchev–Trinajstić information content (AvgIpc) is 2.65. The number of fused-ring (bicyclic) bond motifs is 1. The molecule has 11 heteroatoms. The first-order chi connectivity index (χ1) is 14.3. The van der Waals surface area contributed by atoms with Crippen molar-refractivity contribution in [3.05, 3.63) is 57.6 Å². The number of rotatable bonds is 2. The number of amides is 1. The molecule has 0 aliphatic heterocycles. The van der Waals surface area contributed by atoms with Crippen molar-refractivity contribution in [3.63, 3.8) is 0 Å². The Morgan fingerprint density at radius 3 is 2.39 bits per heavy atom. The summed E-state index contributed by atoms with van der Waals surface area (Å²) in [6, 6.07) is 4.95. The zero-order valence-electron chi connectivity index (χ0n) is 17.2. The molecule has 0 radical (unpaired) electrons. The number of aromatic nitrogens is 2. The van der Waals surface area contributed by atoms with Gasteiger partial charge >= 0.3 is 6.09 Å². The van der Waals surface area contributed by atoms with Gasteiger partial charge in [0.25, 0.3) is 5.56 Å². The zero-order valence-corrected chi connectivity index (χ0v) is 18.0. The topological polar surface area (TPSA) is 122 Å². The Morgan fingerprint density at radius 1 is 1.19 bits per heavy atom. The minimum absolute atomic E-state index is 0.0850. The molecule has 0 spiro atoms. The van der Waals surface area contributed by atoms with E-state index in [0.717, 1.165) is 10.6 Å². The summed E-state index contributed by atoms with van der Waals surface area (Å²) in [6.45, 7) is 5.28. The zero-order chi connectivity index (χ0) is 23.5. The lowest BCUT2D eigenvalue weighted by Crippen LogP contribution is -2.27. The number of halogens is 3. The van der Waals surface area contributed by atoms with Crippen LogP contribution >= 0.6 is 11.6 Å². The average molecular weight is 455 g/mol. The van der Waals surface area contributed by atoms with Crippen LogP contribution in [-0.2, 0) is 11.8 Å². The van der Waals surface area contributed by atoms with Crippen molar-refractivity contribution in [3.8, 4) is 11.5 Å². The van der Waals surface area contributed by atoms with Crippen LogP contribution in [0, 0.1) is 11.6 Å². The number of carbonyl (C=O) groups excluding carboxylic acids is 1. The van der Waals surface area contributed by atoms with Gasteiger partial charge in [-0.1, -0.05) is 11.6 Å². The summed E-state index contributed by atoms with van der Waals surface area (Å²) >= 11 is 5.88. The molecule has 3 aromatic rings. The molecule has 1 heterocycles. The molecular weight excluding hydrogens is 434 g/mol. The standard InChI is InChI=1S/C15H10ClF2N3O2.C5H11NO2/c1-21-6-20-9-4-5-10(13(18)11(9)15(21)22)23-14-7(17)2-3-8(19)12(14)16;1-5(2,3)8-4(6)7/h2-6H,19H2,1H3;1-3H3,(H2,6,7). The van der Waals surface area contributed by atoms with Gasteiger partial charge in [0, 0.05) is 7.05 Å². The molecule has 2 aromatic carbocycles. The van der Waals surface area contributed by atoms with E-state index in [0.29, 0.717) is 0 Å². The van der Waals surface area contributed by atoms with E-state index >= 15 is 0 Å². The number of nitrogens with two attached hydrogens (primary N) is 2. The van der Waals surface area contributed by atoms with Crippen LogP contribution in [0.1, 0.15) is 20.8 Å². The summed E-state index contributed by atoms with van der Waals surface area (Å²) in [4.78, 5) is 26.0. The largest absolute Gasteiger partial charge is 0.450 e. The van der Waals surface area contributed by atoms with Gasteiger partial charge in [-0.05, 0) is 45.0 Å². The Labute approximate surface area is 181 Å². The van der Waals surface area contributed by atoms with Gasteiger partial charge in [-0.2, -0.15) is 0 Å². The molecule has 0 unspecified atom stereocenters. The molecule has 1 amide bonds. The van der Waals surface area contributed by atoms with Crippen molar-refractivity contribution < 1.29 is 23.0 Å². The summed E-state index contributed by atoms with van der Waals surface area (Å²) in [5.74, 6) is -2.52. The third-order valence-electron chi connectivity index (χ3n) is 3.69. The molecule has 0 atom stereocenters. The Balaban J connectivity index is 0.000000366. The summed E-state index contributed by atoms with van der Waals surface area (Å²) in [7, 11) is 1.44. The van der Waals surface area contributed by atoms with Gasteiger partial charge in [-0.25, -0.2) is 18.6 Å². The number of carbonyl (C=O) groups is 1. The Morgan fingerprint density at radius 2 is 1.84 bits per heavy atom.